The number of benzene rings is 1. The number of ether oxygens (including phenoxy) is 1. The van der Waals surface area contributed by atoms with Crippen LogP contribution < -0.4 is 5.32 Å². The second-order valence-electron chi connectivity index (χ2n) is 7.77. The topological polar surface area (TPSA) is 41.6 Å². The van der Waals surface area contributed by atoms with E-state index in [1.807, 2.05) is 18.2 Å². The van der Waals surface area contributed by atoms with Gasteiger partial charge in [-0.15, -0.1) is 0 Å². The maximum atomic E-state index is 13.3. The summed E-state index contributed by atoms with van der Waals surface area (Å²) in [6, 6.07) is 8.05. The Bertz CT molecular complexity index is 595. The molecule has 1 atom stereocenters. The lowest BCUT2D eigenvalue weighted by Gasteiger charge is -2.37. The average molecular weight is 379 g/mol. The van der Waals surface area contributed by atoms with Crippen LogP contribution >= 0.6 is 11.6 Å². The van der Waals surface area contributed by atoms with Crippen LogP contribution in [0.1, 0.15) is 51.0 Å². The number of carbonyl (C=O) groups is 1. The van der Waals surface area contributed by atoms with Gasteiger partial charge in [-0.2, -0.15) is 0 Å². The van der Waals surface area contributed by atoms with Crippen molar-refractivity contribution in [2.45, 2.75) is 56.9 Å². The Hall–Kier alpha value is -1.10. The summed E-state index contributed by atoms with van der Waals surface area (Å²) in [5.74, 6) is 0.175. The van der Waals surface area contributed by atoms with E-state index in [-0.39, 0.29) is 11.9 Å². The normalized spacial score (nSPS) is 21.9. The van der Waals surface area contributed by atoms with E-state index in [2.05, 4.69) is 23.2 Å². The largest absolute Gasteiger partial charge is 0.379 e. The number of nitrogens with one attached hydrogen (secondary N) is 1. The van der Waals surface area contributed by atoms with Gasteiger partial charge in [-0.1, -0.05) is 43.0 Å². The van der Waals surface area contributed by atoms with E-state index < -0.39 is 5.41 Å². The Balaban J connectivity index is 1.63. The van der Waals surface area contributed by atoms with Gasteiger partial charge in [0.2, 0.25) is 5.91 Å². The van der Waals surface area contributed by atoms with Gasteiger partial charge in [-0.05, 0) is 43.9 Å². The Morgan fingerprint density at radius 3 is 2.69 bits per heavy atom. The minimum Gasteiger partial charge on any atom is -0.379 e. The quantitative estimate of drug-likeness (QED) is 0.819. The van der Waals surface area contributed by atoms with Crippen molar-refractivity contribution in [3.8, 4) is 0 Å². The monoisotopic (exact) mass is 378 g/mol. The third kappa shape index (κ3) is 4.79. The Kier molecular flexibility index (Phi) is 6.96. The van der Waals surface area contributed by atoms with Crippen LogP contribution in [0.2, 0.25) is 5.02 Å². The summed E-state index contributed by atoms with van der Waals surface area (Å²) in [5, 5.41) is 4.02. The first-order chi connectivity index (χ1) is 12.6. The van der Waals surface area contributed by atoms with E-state index in [1.165, 1.54) is 6.42 Å². The molecule has 1 aromatic carbocycles. The number of amides is 1. The van der Waals surface area contributed by atoms with Crippen molar-refractivity contribution in [1.29, 1.82) is 0 Å². The molecule has 0 radical (unpaired) electrons. The molecule has 26 heavy (non-hydrogen) atoms. The van der Waals surface area contributed by atoms with Crippen LogP contribution in [0.4, 0.5) is 0 Å². The molecule has 1 heterocycles. The molecule has 3 rings (SSSR count). The molecule has 144 valence electrons. The maximum Gasteiger partial charge on any atom is 0.230 e. The van der Waals surface area contributed by atoms with Crippen molar-refractivity contribution >= 4 is 17.5 Å². The van der Waals surface area contributed by atoms with E-state index in [0.717, 1.165) is 70.5 Å². The smallest absolute Gasteiger partial charge is 0.230 e. The van der Waals surface area contributed by atoms with Crippen molar-refractivity contribution in [2.75, 3.05) is 32.8 Å². The van der Waals surface area contributed by atoms with Crippen LogP contribution in [-0.4, -0.2) is 49.7 Å². The van der Waals surface area contributed by atoms with Crippen molar-refractivity contribution in [3.63, 3.8) is 0 Å². The van der Waals surface area contributed by atoms with Crippen LogP contribution in [0.5, 0.6) is 0 Å². The summed E-state index contributed by atoms with van der Waals surface area (Å²) >= 11 is 6.22. The van der Waals surface area contributed by atoms with Crippen LogP contribution in [-0.2, 0) is 14.9 Å². The van der Waals surface area contributed by atoms with Crippen LogP contribution in [0, 0.1) is 0 Å². The summed E-state index contributed by atoms with van der Waals surface area (Å²) in [7, 11) is 0. The first-order valence-corrected chi connectivity index (χ1v) is 10.3. The molecule has 5 heteroatoms. The minimum atomic E-state index is -0.420. The highest BCUT2D eigenvalue weighted by molar-refractivity contribution is 6.30. The number of hydrogen-bond acceptors (Lipinski definition) is 3. The molecule has 1 aromatic rings. The van der Waals surface area contributed by atoms with E-state index in [9.17, 15) is 4.79 Å². The molecule has 1 saturated heterocycles. The molecule has 1 saturated carbocycles. The summed E-state index contributed by atoms with van der Waals surface area (Å²) in [6.07, 6.45) is 6.20. The Morgan fingerprint density at radius 1 is 1.27 bits per heavy atom. The SMILES string of the molecule is CC(CCN1CCOCC1)NC(=O)C1(c2cccc(Cl)c2)CCCCC1. The number of halogens is 1. The summed E-state index contributed by atoms with van der Waals surface area (Å²) < 4.78 is 5.40. The minimum absolute atomic E-state index is 0.170. The van der Waals surface area contributed by atoms with Gasteiger partial charge in [-0.3, -0.25) is 9.69 Å². The van der Waals surface area contributed by atoms with E-state index in [0.29, 0.717) is 5.02 Å². The summed E-state index contributed by atoms with van der Waals surface area (Å²) in [4.78, 5) is 15.7. The van der Waals surface area contributed by atoms with E-state index in [4.69, 9.17) is 16.3 Å². The van der Waals surface area contributed by atoms with Gasteiger partial charge < -0.3 is 10.1 Å². The zero-order valence-electron chi connectivity index (χ0n) is 15.8. The predicted molar refractivity (Wildman–Crippen MR) is 106 cm³/mol. The lowest BCUT2D eigenvalue weighted by molar-refractivity contribution is -0.128. The van der Waals surface area contributed by atoms with Crippen LogP contribution in [0.25, 0.3) is 0 Å². The van der Waals surface area contributed by atoms with Gasteiger partial charge in [0.25, 0.3) is 0 Å². The van der Waals surface area contributed by atoms with Crippen LogP contribution in [0.3, 0.4) is 0 Å². The fraction of sp³-hybridized carbons (Fsp3) is 0.667. The highest BCUT2D eigenvalue weighted by Gasteiger charge is 2.41. The van der Waals surface area contributed by atoms with Crippen LogP contribution in [0.15, 0.2) is 24.3 Å². The molecule has 2 fully saturated rings. The van der Waals surface area contributed by atoms with Gasteiger partial charge in [0, 0.05) is 30.7 Å². The fourth-order valence-corrected chi connectivity index (χ4v) is 4.41. The molecule has 1 unspecified atom stereocenters. The van der Waals surface area contributed by atoms with E-state index >= 15 is 0 Å². The molecule has 1 amide bonds. The molecular formula is C21H31ClN2O2. The molecule has 2 aliphatic rings. The third-order valence-corrected chi connectivity index (χ3v) is 6.11. The summed E-state index contributed by atoms with van der Waals surface area (Å²) in [6.45, 7) is 6.75. The predicted octanol–water partition coefficient (Wildman–Crippen LogP) is 3.77. The molecule has 0 spiro atoms. The zero-order valence-corrected chi connectivity index (χ0v) is 16.6. The standard InChI is InChI=1S/C21H31ClN2O2/c1-17(8-11-24-12-14-26-15-13-24)23-20(25)21(9-3-2-4-10-21)18-6-5-7-19(22)16-18/h5-7,16-17H,2-4,8-15H2,1H3,(H,23,25). The molecule has 1 aliphatic heterocycles. The highest BCUT2D eigenvalue weighted by Crippen LogP contribution is 2.40. The Labute approximate surface area is 162 Å². The van der Waals surface area contributed by atoms with Gasteiger partial charge in [0.1, 0.15) is 0 Å². The lowest BCUT2D eigenvalue weighted by atomic mass is 9.68. The molecule has 1 N–H and O–H groups in total. The molecule has 4 nitrogen and oxygen atoms in total. The second kappa shape index (κ2) is 9.20. The zero-order chi connectivity index (χ0) is 18.4. The first kappa shape index (κ1) is 19.7. The highest BCUT2D eigenvalue weighted by atomic mass is 35.5. The average Bonchev–Trinajstić information content (AvgIpc) is 2.67. The van der Waals surface area contributed by atoms with Gasteiger partial charge in [0.15, 0.2) is 0 Å². The Morgan fingerprint density at radius 2 is 2.00 bits per heavy atom. The van der Waals surface area contributed by atoms with E-state index in [1.54, 1.807) is 0 Å². The van der Waals surface area contributed by atoms with Crippen molar-refractivity contribution in [2.24, 2.45) is 0 Å². The second-order valence-corrected chi connectivity index (χ2v) is 8.21. The number of morpholine rings is 1. The van der Waals surface area contributed by atoms with Crippen molar-refractivity contribution in [1.82, 2.24) is 10.2 Å². The number of rotatable bonds is 6. The number of hydrogen-bond donors (Lipinski definition) is 1. The van der Waals surface area contributed by atoms with Gasteiger partial charge in [-0.25, -0.2) is 0 Å². The molecule has 0 aromatic heterocycles. The molecule has 0 bridgehead atoms. The maximum absolute atomic E-state index is 13.3. The summed E-state index contributed by atoms with van der Waals surface area (Å²) in [5.41, 5.74) is 0.652. The van der Waals surface area contributed by atoms with Crippen molar-refractivity contribution < 1.29 is 9.53 Å². The van der Waals surface area contributed by atoms with Gasteiger partial charge >= 0.3 is 0 Å². The third-order valence-electron chi connectivity index (χ3n) is 5.88. The molecular weight excluding hydrogens is 348 g/mol. The first-order valence-electron chi connectivity index (χ1n) is 9.97. The number of carbonyl (C=O) groups excluding carboxylic acids is 1. The fourth-order valence-electron chi connectivity index (χ4n) is 4.22. The van der Waals surface area contributed by atoms with Gasteiger partial charge in [0.05, 0.1) is 18.6 Å². The van der Waals surface area contributed by atoms with Crippen molar-refractivity contribution in [3.05, 3.63) is 34.9 Å². The number of nitrogens with zero attached hydrogens (tertiary/aromatic N) is 1. The molecule has 1 aliphatic carbocycles. The lowest BCUT2D eigenvalue weighted by Crippen LogP contribution is -2.49.